The monoisotopic (exact) mass is 769 g/mol. The lowest BCUT2D eigenvalue weighted by Crippen LogP contribution is -2.62. The third-order valence-corrected chi connectivity index (χ3v) is 11.5. The molecule has 286 valence electrons. The number of benzene rings is 2. The Morgan fingerprint density at radius 1 is 1.02 bits per heavy atom. The summed E-state index contributed by atoms with van der Waals surface area (Å²) in [5.41, 5.74) is -0.736. The fourth-order valence-corrected chi connectivity index (χ4v) is 9.07. The van der Waals surface area contributed by atoms with Crippen LogP contribution < -0.4 is 18.5 Å². The summed E-state index contributed by atoms with van der Waals surface area (Å²) in [5, 5.41) is 10.6. The van der Waals surface area contributed by atoms with E-state index in [2.05, 4.69) is 14.6 Å². The van der Waals surface area contributed by atoms with E-state index in [4.69, 9.17) is 9.47 Å². The number of hydrogen-bond acceptors (Lipinski definition) is 10. The number of carboxylic acid groups (broad SMARTS) is 1. The number of piperidine rings is 1. The molecule has 1 aromatic heterocycles. The van der Waals surface area contributed by atoms with Crippen LogP contribution in [0.4, 0.5) is 32.4 Å². The lowest BCUT2D eigenvalue weighted by molar-refractivity contribution is -0.275. The van der Waals surface area contributed by atoms with Crippen LogP contribution >= 0.6 is 0 Å². The number of rotatable bonds is 9. The van der Waals surface area contributed by atoms with Crippen molar-refractivity contribution in [2.45, 2.75) is 55.1 Å². The summed E-state index contributed by atoms with van der Waals surface area (Å²) in [5.74, 6) is -7.57. The summed E-state index contributed by atoms with van der Waals surface area (Å²) in [6, 6.07) is 3.95. The number of amides is 2. The van der Waals surface area contributed by atoms with Crippen LogP contribution in [-0.4, -0.2) is 111 Å². The Morgan fingerprint density at radius 3 is 2.36 bits per heavy atom. The van der Waals surface area contributed by atoms with E-state index >= 15 is 8.78 Å². The lowest BCUT2D eigenvalue weighted by Gasteiger charge is -2.52. The van der Waals surface area contributed by atoms with E-state index in [-0.39, 0.29) is 41.7 Å². The number of likely N-dealkylation sites (tertiary alicyclic amines) is 1. The first kappa shape index (κ1) is 38.0. The summed E-state index contributed by atoms with van der Waals surface area (Å²) >= 11 is 0. The number of aromatic nitrogens is 1. The number of pyridine rings is 1. The Morgan fingerprint density at radius 2 is 1.72 bits per heavy atom. The van der Waals surface area contributed by atoms with Crippen molar-refractivity contribution in [2.75, 3.05) is 51.2 Å². The van der Waals surface area contributed by atoms with Crippen molar-refractivity contribution >= 4 is 27.7 Å². The summed E-state index contributed by atoms with van der Waals surface area (Å²) in [7, 11) is -2.34. The van der Waals surface area contributed by atoms with Gasteiger partial charge in [-0.25, -0.2) is 31.3 Å². The Labute approximate surface area is 301 Å². The molecular formula is C34H36F5N5O8S. The fraction of sp³-hybridized carbons (Fsp3) is 0.441. The molecule has 3 unspecified atom stereocenters. The molecule has 3 aliphatic heterocycles. The van der Waals surface area contributed by atoms with Gasteiger partial charge in [-0.3, -0.25) is 9.69 Å². The molecule has 13 nitrogen and oxygen atoms in total. The van der Waals surface area contributed by atoms with E-state index in [0.29, 0.717) is 55.8 Å². The summed E-state index contributed by atoms with van der Waals surface area (Å²) in [6.45, 7) is 3.27. The molecule has 3 atom stereocenters. The molecule has 19 heteroatoms. The zero-order valence-electron chi connectivity index (χ0n) is 28.7. The molecule has 2 amide bonds. The number of alkyl halides is 3. The third-order valence-electron chi connectivity index (χ3n) is 9.77. The van der Waals surface area contributed by atoms with Gasteiger partial charge in [0.2, 0.25) is 5.88 Å². The van der Waals surface area contributed by atoms with Gasteiger partial charge in [-0.2, -0.15) is 0 Å². The van der Waals surface area contributed by atoms with Gasteiger partial charge in [0, 0.05) is 43.0 Å². The number of methoxy groups -OCH3 is 1. The number of ether oxygens (including phenoxy) is 3. The van der Waals surface area contributed by atoms with Gasteiger partial charge in [0.05, 0.1) is 37.4 Å². The number of sulfonamides is 1. The molecule has 3 aliphatic rings. The van der Waals surface area contributed by atoms with Crippen molar-refractivity contribution in [2.24, 2.45) is 0 Å². The van der Waals surface area contributed by atoms with Crippen LogP contribution in [0.2, 0.25) is 0 Å². The molecule has 2 saturated heterocycles. The Bertz CT molecular complexity index is 2000. The normalized spacial score (nSPS) is 21.8. The van der Waals surface area contributed by atoms with Crippen LogP contribution in [0.5, 0.6) is 17.4 Å². The van der Waals surface area contributed by atoms with E-state index < -0.39 is 79.9 Å². The van der Waals surface area contributed by atoms with Gasteiger partial charge in [0.15, 0.2) is 17.4 Å². The molecule has 0 bridgehead atoms. The largest absolute Gasteiger partial charge is 0.573 e. The van der Waals surface area contributed by atoms with Crippen molar-refractivity contribution in [3.05, 3.63) is 71.4 Å². The second kappa shape index (κ2) is 14.6. The summed E-state index contributed by atoms with van der Waals surface area (Å²) in [4.78, 5) is 36.2. The van der Waals surface area contributed by atoms with E-state index in [0.717, 1.165) is 18.1 Å². The lowest BCUT2D eigenvalue weighted by atomic mass is 9.80. The molecule has 0 saturated carbocycles. The molecule has 0 radical (unpaired) electrons. The van der Waals surface area contributed by atoms with Crippen molar-refractivity contribution in [3.63, 3.8) is 0 Å². The molecule has 53 heavy (non-hydrogen) atoms. The zero-order valence-corrected chi connectivity index (χ0v) is 29.5. The smallest absolute Gasteiger partial charge is 0.497 e. The van der Waals surface area contributed by atoms with E-state index in [1.54, 1.807) is 19.1 Å². The molecule has 3 aromatic rings. The average Bonchev–Trinajstić information content (AvgIpc) is 3.38. The highest BCUT2D eigenvalue weighted by molar-refractivity contribution is 7.93. The van der Waals surface area contributed by atoms with Gasteiger partial charge >= 0.3 is 12.5 Å². The van der Waals surface area contributed by atoms with E-state index in [1.165, 1.54) is 6.20 Å². The standard InChI is InChI=1S/C34H36F5N5O8S/c1-4-51-31-21(6-5-11-40-31)29-30(43(33(46)47)15-14-42(29)19-9-12-41(2)13-10-19)28-22-17-23(35)24(36)18-25(22)44(32(28)45)53(48,49)27-8-7-20(50-3)16-26(27)52-34(37,38)39/h5-8,11,16-19,28-30H,4,9-10,12-15H2,1-3H3,(H,46,47). The maximum absolute atomic E-state index is 15.2. The van der Waals surface area contributed by atoms with Crippen LogP contribution in [0.1, 0.15) is 42.9 Å². The predicted octanol–water partition coefficient (Wildman–Crippen LogP) is 4.98. The topological polar surface area (TPSA) is 142 Å². The Hall–Kier alpha value is -4.75. The van der Waals surface area contributed by atoms with Crippen molar-refractivity contribution in [1.82, 2.24) is 19.7 Å². The summed E-state index contributed by atoms with van der Waals surface area (Å²) in [6.07, 6.45) is -4.13. The average molecular weight is 770 g/mol. The number of nitrogens with zero attached hydrogens (tertiary/aromatic N) is 5. The molecule has 6 rings (SSSR count). The highest BCUT2D eigenvalue weighted by Gasteiger charge is 2.56. The molecule has 2 fully saturated rings. The number of carbonyl (C=O) groups is 2. The molecular weight excluding hydrogens is 733 g/mol. The zero-order chi connectivity index (χ0) is 38.4. The fourth-order valence-electron chi connectivity index (χ4n) is 7.51. The highest BCUT2D eigenvalue weighted by atomic mass is 32.2. The van der Waals surface area contributed by atoms with Gasteiger partial charge in [-0.05, 0) is 69.7 Å². The minimum atomic E-state index is -5.42. The van der Waals surface area contributed by atoms with E-state index in [1.807, 2.05) is 11.9 Å². The van der Waals surface area contributed by atoms with Crippen LogP contribution in [0, 0.1) is 11.6 Å². The number of hydrogen-bond donors (Lipinski definition) is 1. The SMILES string of the molecule is CCOc1ncccc1C1C(C2C(=O)N(S(=O)(=O)c3ccc(OC)cc3OC(F)(F)F)c3cc(F)c(F)cc32)N(C(=O)O)CCN1C1CCN(C)CC1. The van der Waals surface area contributed by atoms with Crippen molar-refractivity contribution < 1.29 is 59.3 Å². The molecule has 4 heterocycles. The van der Waals surface area contributed by atoms with Crippen LogP contribution in [0.25, 0.3) is 0 Å². The van der Waals surface area contributed by atoms with Crippen molar-refractivity contribution in [3.8, 4) is 17.4 Å². The van der Waals surface area contributed by atoms with Gasteiger partial charge in [-0.1, -0.05) is 6.07 Å². The second-order valence-electron chi connectivity index (χ2n) is 12.8. The number of piperazine rings is 1. The van der Waals surface area contributed by atoms with Gasteiger partial charge in [-0.15, -0.1) is 13.2 Å². The number of anilines is 1. The number of carbonyl (C=O) groups excluding carboxylic acids is 1. The number of fused-ring (bicyclic) bond motifs is 1. The highest BCUT2D eigenvalue weighted by Crippen LogP contribution is 2.51. The third kappa shape index (κ3) is 7.16. The predicted molar refractivity (Wildman–Crippen MR) is 177 cm³/mol. The van der Waals surface area contributed by atoms with Gasteiger partial charge in [0.1, 0.15) is 10.6 Å². The van der Waals surface area contributed by atoms with Gasteiger partial charge < -0.3 is 29.1 Å². The first-order chi connectivity index (χ1) is 25.1. The van der Waals surface area contributed by atoms with Crippen LogP contribution in [-0.2, 0) is 14.8 Å². The van der Waals surface area contributed by atoms with E-state index in [9.17, 15) is 36.3 Å². The Kier molecular flexibility index (Phi) is 10.5. The molecule has 1 N–H and O–H groups in total. The second-order valence-corrected chi connectivity index (χ2v) is 14.5. The summed E-state index contributed by atoms with van der Waals surface area (Å²) < 4.78 is 115. The van der Waals surface area contributed by atoms with Crippen LogP contribution in [0.15, 0.2) is 53.6 Å². The first-order valence-electron chi connectivity index (χ1n) is 16.6. The minimum Gasteiger partial charge on any atom is -0.497 e. The van der Waals surface area contributed by atoms with Crippen LogP contribution in [0.3, 0.4) is 0 Å². The molecule has 0 aliphatic carbocycles. The Balaban J connectivity index is 1.57. The maximum atomic E-state index is 15.2. The maximum Gasteiger partial charge on any atom is 0.573 e. The van der Waals surface area contributed by atoms with Crippen molar-refractivity contribution in [1.29, 1.82) is 0 Å². The minimum absolute atomic E-state index is 0.0822. The van der Waals surface area contributed by atoms with Gasteiger partial charge in [0.25, 0.3) is 15.9 Å². The quantitative estimate of drug-likeness (QED) is 0.295. The number of halogens is 5. The first-order valence-corrected chi connectivity index (χ1v) is 18.0. The molecule has 0 spiro atoms. The molecule has 2 aromatic carbocycles.